The highest BCUT2D eigenvalue weighted by molar-refractivity contribution is 9.10. The van der Waals surface area contributed by atoms with Crippen molar-refractivity contribution in [1.82, 2.24) is 19.6 Å². The molecular weight excluding hydrogens is 559 g/mol. The molecule has 0 aliphatic carbocycles. The van der Waals surface area contributed by atoms with Gasteiger partial charge in [-0.2, -0.15) is 10.2 Å². The summed E-state index contributed by atoms with van der Waals surface area (Å²) in [7, 11) is 0. The third-order valence-electron chi connectivity index (χ3n) is 6.06. The predicted molar refractivity (Wildman–Crippen MR) is 150 cm³/mol. The van der Waals surface area contributed by atoms with E-state index in [2.05, 4.69) is 52.2 Å². The molecule has 2 heterocycles. The SMILES string of the molecule is CCCCc1ccc(Cn2nc3cc(-c4ccc(Cl)cc4Cl)n(-c4ccc(Br)cc4)nc-3c2=O)cc1. The Balaban J connectivity index is 1.60. The molecule has 5 rings (SSSR count). The molecule has 2 aliphatic heterocycles. The van der Waals surface area contributed by atoms with Crippen molar-refractivity contribution in [2.24, 2.45) is 0 Å². The summed E-state index contributed by atoms with van der Waals surface area (Å²) in [6.07, 6.45) is 3.39. The number of fused-ring (bicyclic) bond motifs is 1. The Morgan fingerprint density at radius 2 is 1.61 bits per heavy atom. The lowest BCUT2D eigenvalue weighted by molar-refractivity contribution is 0.668. The molecule has 8 heteroatoms. The third kappa shape index (κ3) is 5.12. The molecule has 0 radical (unpaired) electrons. The number of aromatic nitrogens is 4. The van der Waals surface area contributed by atoms with Gasteiger partial charge >= 0.3 is 0 Å². The molecule has 0 saturated carbocycles. The highest BCUT2D eigenvalue weighted by Gasteiger charge is 2.22. The van der Waals surface area contributed by atoms with Crippen LogP contribution < -0.4 is 5.56 Å². The van der Waals surface area contributed by atoms with E-state index in [1.54, 1.807) is 16.8 Å². The van der Waals surface area contributed by atoms with E-state index >= 15 is 0 Å². The summed E-state index contributed by atoms with van der Waals surface area (Å²) in [6.45, 7) is 2.56. The monoisotopic (exact) mass is 580 g/mol. The van der Waals surface area contributed by atoms with Gasteiger partial charge < -0.3 is 0 Å². The molecule has 0 saturated heterocycles. The normalized spacial score (nSPS) is 11.3. The van der Waals surface area contributed by atoms with Crippen LogP contribution in [0.4, 0.5) is 0 Å². The first-order valence-electron chi connectivity index (χ1n) is 11.7. The smallest absolute Gasteiger partial charge is 0.265 e. The molecular formula is C28H23BrCl2N4O. The maximum Gasteiger partial charge on any atom is 0.297 e. The number of hydrogen-bond donors (Lipinski definition) is 0. The van der Waals surface area contributed by atoms with Gasteiger partial charge in [0.05, 0.1) is 22.9 Å². The highest BCUT2D eigenvalue weighted by Crippen LogP contribution is 2.33. The summed E-state index contributed by atoms with van der Waals surface area (Å²) in [5, 5.41) is 10.4. The molecule has 0 atom stereocenters. The predicted octanol–water partition coefficient (Wildman–Crippen LogP) is 7.66. The number of benzene rings is 3. The summed E-state index contributed by atoms with van der Waals surface area (Å²) < 4.78 is 4.13. The summed E-state index contributed by atoms with van der Waals surface area (Å²) in [5.41, 5.74) is 5.12. The standard InChI is InChI=1S/C28H23BrCl2N4O/c1-2-3-4-18-5-7-19(8-6-18)17-34-28(36)27-25(32-34)16-26(23-14-11-21(30)15-24(23)31)35(33-27)22-12-9-20(29)10-13-22/h5-16H,2-4,17H2,1H3. The van der Waals surface area contributed by atoms with Gasteiger partial charge in [0.2, 0.25) is 0 Å². The van der Waals surface area contributed by atoms with Crippen molar-refractivity contribution in [3.63, 3.8) is 0 Å². The Morgan fingerprint density at radius 3 is 2.31 bits per heavy atom. The fraction of sp³-hybridized carbons (Fsp3) is 0.179. The van der Waals surface area contributed by atoms with Gasteiger partial charge in [0.25, 0.3) is 5.56 Å². The van der Waals surface area contributed by atoms with Gasteiger partial charge in [0.15, 0.2) is 5.69 Å². The molecule has 0 amide bonds. The van der Waals surface area contributed by atoms with E-state index in [0.717, 1.165) is 34.1 Å². The van der Waals surface area contributed by atoms with Crippen LogP contribution in [0.2, 0.25) is 10.0 Å². The Morgan fingerprint density at radius 1 is 0.889 bits per heavy atom. The van der Waals surface area contributed by atoms with Gasteiger partial charge in [0, 0.05) is 15.1 Å². The minimum atomic E-state index is -0.236. The second-order valence-electron chi connectivity index (χ2n) is 8.66. The Labute approximate surface area is 227 Å². The van der Waals surface area contributed by atoms with Gasteiger partial charge in [-0.05, 0) is 72.5 Å². The Bertz CT molecular complexity index is 1540. The van der Waals surface area contributed by atoms with E-state index in [4.69, 9.17) is 28.3 Å². The first kappa shape index (κ1) is 24.8. The summed E-state index contributed by atoms with van der Waals surface area (Å²) >= 11 is 16.2. The fourth-order valence-electron chi connectivity index (χ4n) is 4.13. The maximum absolute atomic E-state index is 13.3. The number of unbranched alkanes of at least 4 members (excludes halogenated alkanes) is 1. The van der Waals surface area contributed by atoms with E-state index in [9.17, 15) is 4.79 Å². The second kappa shape index (κ2) is 10.6. The van der Waals surface area contributed by atoms with Crippen molar-refractivity contribution in [3.8, 4) is 28.3 Å². The summed E-state index contributed by atoms with van der Waals surface area (Å²) in [4.78, 5) is 13.3. The summed E-state index contributed by atoms with van der Waals surface area (Å²) in [6, 6.07) is 23.2. The molecule has 3 aromatic rings. The number of aryl methyl sites for hydroxylation is 1. The van der Waals surface area contributed by atoms with Crippen LogP contribution in [0.3, 0.4) is 0 Å². The van der Waals surface area contributed by atoms with Crippen LogP contribution in [0, 0.1) is 0 Å². The number of halogens is 3. The molecule has 0 unspecified atom stereocenters. The summed E-state index contributed by atoms with van der Waals surface area (Å²) in [5.74, 6) is 0. The molecule has 182 valence electrons. The van der Waals surface area contributed by atoms with Crippen LogP contribution in [0.5, 0.6) is 0 Å². The zero-order valence-corrected chi connectivity index (χ0v) is 22.7. The van der Waals surface area contributed by atoms with Crippen LogP contribution in [0.1, 0.15) is 30.9 Å². The van der Waals surface area contributed by atoms with Gasteiger partial charge in [0.1, 0.15) is 5.69 Å². The van der Waals surface area contributed by atoms with Crippen molar-refractivity contribution in [2.45, 2.75) is 32.7 Å². The molecule has 0 spiro atoms. The first-order valence-corrected chi connectivity index (χ1v) is 13.3. The first-order chi connectivity index (χ1) is 17.4. The van der Waals surface area contributed by atoms with Crippen LogP contribution in [0.25, 0.3) is 28.3 Å². The fourth-order valence-corrected chi connectivity index (χ4v) is 4.90. The average Bonchev–Trinajstić information content (AvgIpc) is 3.17. The lowest BCUT2D eigenvalue weighted by atomic mass is 10.1. The van der Waals surface area contributed by atoms with Crippen LogP contribution in [0.15, 0.2) is 82.1 Å². The molecule has 0 N–H and O–H groups in total. The van der Waals surface area contributed by atoms with E-state index in [1.807, 2.05) is 36.4 Å². The number of nitrogens with zero attached hydrogens (tertiary/aromatic N) is 4. The maximum atomic E-state index is 13.3. The third-order valence-corrected chi connectivity index (χ3v) is 7.14. The average molecular weight is 582 g/mol. The van der Waals surface area contributed by atoms with E-state index in [0.29, 0.717) is 33.7 Å². The Hall–Kier alpha value is -2.93. The van der Waals surface area contributed by atoms with E-state index < -0.39 is 0 Å². The zero-order valence-electron chi connectivity index (χ0n) is 19.6. The van der Waals surface area contributed by atoms with Crippen molar-refractivity contribution >= 4 is 39.1 Å². The Kier molecular flexibility index (Phi) is 7.28. The van der Waals surface area contributed by atoms with E-state index in [-0.39, 0.29) is 5.56 Å². The molecule has 3 aromatic carbocycles. The van der Waals surface area contributed by atoms with Crippen molar-refractivity contribution in [3.05, 3.63) is 109 Å². The van der Waals surface area contributed by atoms with Crippen molar-refractivity contribution < 1.29 is 0 Å². The van der Waals surface area contributed by atoms with Crippen molar-refractivity contribution in [1.29, 1.82) is 0 Å². The minimum absolute atomic E-state index is 0.236. The molecule has 0 aromatic heterocycles. The molecule has 2 aliphatic rings. The van der Waals surface area contributed by atoms with Crippen molar-refractivity contribution in [2.75, 3.05) is 0 Å². The molecule has 0 fully saturated rings. The number of rotatable bonds is 7. The van der Waals surface area contributed by atoms with E-state index in [1.165, 1.54) is 16.7 Å². The largest absolute Gasteiger partial charge is 0.297 e. The quantitative estimate of drug-likeness (QED) is 0.198. The number of hydrogen-bond acceptors (Lipinski definition) is 3. The lowest BCUT2D eigenvalue weighted by Gasteiger charge is -2.15. The highest BCUT2D eigenvalue weighted by atomic mass is 79.9. The van der Waals surface area contributed by atoms with Crippen LogP contribution in [-0.2, 0) is 13.0 Å². The topological polar surface area (TPSA) is 52.7 Å². The second-order valence-corrected chi connectivity index (χ2v) is 10.4. The van der Waals surface area contributed by atoms with Gasteiger partial charge in [-0.25, -0.2) is 9.36 Å². The van der Waals surface area contributed by atoms with Gasteiger partial charge in [-0.3, -0.25) is 4.79 Å². The van der Waals surface area contributed by atoms with Gasteiger partial charge in [-0.1, -0.05) is 76.7 Å². The molecule has 0 bridgehead atoms. The lowest BCUT2D eigenvalue weighted by Crippen LogP contribution is -2.19. The van der Waals surface area contributed by atoms with Gasteiger partial charge in [-0.15, -0.1) is 0 Å². The van der Waals surface area contributed by atoms with Crippen LogP contribution >= 0.6 is 39.1 Å². The molecule has 5 nitrogen and oxygen atoms in total. The van der Waals surface area contributed by atoms with Crippen LogP contribution in [-0.4, -0.2) is 19.6 Å². The minimum Gasteiger partial charge on any atom is -0.265 e. The molecule has 36 heavy (non-hydrogen) atoms. The zero-order chi connectivity index (χ0) is 25.2.